The molecular formula is C28H52N2O7. The van der Waals surface area contributed by atoms with Gasteiger partial charge in [-0.3, -0.25) is 0 Å². The number of carbonyl (C=O) groups excluding carboxylic acids is 3. The zero-order valence-electron chi connectivity index (χ0n) is 23.8. The number of rotatable bonds is 23. The largest absolute Gasteiger partial charge is 0.465 e. The molecule has 1 unspecified atom stereocenters. The van der Waals surface area contributed by atoms with Gasteiger partial charge in [0.25, 0.3) is 0 Å². The molecule has 0 aromatic heterocycles. The van der Waals surface area contributed by atoms with Gasteiger partial charge in [0.15, 0.2) is 0 Å². The van der Waals surface area contributed by atoms with Crippen molar-refractivity contribution in [1.82, 2.24) is 5.32 Å². The average molecular weight is 529 g/mol. The van der Waals surface area contributed by atoms with Gasteiger partial charge in [-0.1, -0.05) is 103 Å². The normalized spacial score (nSPS) is 12.2. The molecule has 0 aromatic carbocycles. The molecule has 0 saturated heterocycles. The van der Waals surface area contributed by atoms with Crippen LogP contribution in [-0.4, -0.2) is 63.9 Å². The standard InChI is InChI=1S/C28H52N2O7/c1-5-6-7-8-9-10-11-12-13-14-15-16-17-18-19-20-21-29-27(32)36-22-25(34-3)23-37-28(33)30-24(2)26(31)35-4/h25H,5-23H2,1-4H3,(H,29,32). The van der Waals surface area contributed by atoms with Crippen molar-refractivity contribution in [3.63, 3.8) is 0 Å². The first-order valence-corrected chi connectivity index (χ1v) is 14.2. The molecule has 1 N–H and O–H groups in total. The molecular weight excluding hydrogens is 476 g/mol. The van der Waals surface area contributed by atoms with Crippen LogP contribution in [0, 0.1) is 0 Å². The lowest BCUT2D eigenvalue weighted by molar-refractivity contribution is -0.132. The van der Waals surface area contributed by atoms with E-state index in [0.717, 1.165) is 12.8 Å². The van der Waals surface area contributed by atoms with Gasteiger partial charge in [0.1, 0.15) is 25.0 Å². The third-order valence-electron chi connectivity index (χ3n) is 6.17. The monoisotopic (exact) mass is 528 g/mol. The van der Waals surface area contributed by atoms with Crippen LogP contribution in [0.2, 0.25) is 0 Å². The number of hydrogen-bond acceptors (Lipinski definition) is 7. The molecule has 9 heteroatoms. The molecule has 2 amide bonds. The molecule has 0 rings (SSSR count). The highest BCUT2D eigenvalue weighted by molar-refractivity contribution is 6.36. The van der Waals surface area contributed by atoms with Crippen molar-refractivity contribution in [2.75, 3.05) is 34.0 Å². The zero-order chi connectivity index (χ0) is 27.6. The van der Waals surface area contributed by atoms with E-state index in [2.05, 4.69) is 22.0 Å². The van der Waals surface area contributed by atoms with E-state index in [1.54, 1.807) is 0 Å². The average Bonchev–Trinajstić information content (AvgIpc) is 2.89. The summed E-state index contributed by atoms with van der Waals surface area (Å²) < 4.78 is 19.6. The summed E-state index contributed by atoms with van der Waals surface area (Å²) in [5.41, 5.74) is -0.119. The summed E-state index contributed by atoms with van der Waals surface area (Å²) in [4.78, 5) is 38.2. The molecule has 0 heterocycles. The van der Waals surface area contributed by atoms with Crippen molar-refractivity contribution in [3.8, 4) is 0 Å². The van der Waals surface area contributed by atoms with Crippen molar-refractivity contribution in [2.24, 2.45) is 4.99 Å². The highest BCUT2D eigenvalue weighted by Gasteiger charge is 2.15. The number of nitrogens with one attached hydrogen (secondary N) is 1. The number of esters is 1. The Morgan fingerprint density at radius 2 is 1.16 bits per heavy atom. The number of ether oxygens (including phenoxy) is 4. The number of nitrogens with zero attached hydrogens (tertiary/aromatic N) is 1. The van der Waals surface area contributed by atoms with E-state index in [1.807, 2.05) is 0 Å². The van der Waals surface area contributed by atoms with Gasteiger partial charge in [-0.25, -0.2) is 14.4 Å². The maximum Gasteiger partial charge on any atom is 0.434 e. The molecule has 0 aliphatic rings. The summed E-state index contributed by atoms with van der Waals surface area (Å²) in [6.07, 6.45) is 18.8. The van der Waals surface area contributed by atoms with Gasteiger partial charge in [-0.05, 0) is 13.3 Å². The molecule has 0 fully saturated rings. The highest BCUT2D eigenvalue weighted by atomic mass is 16.6. The van der Waals surface area contributed by atoms with Gasteiger partial charge in [-0.2, -0.15) is 4.99 Å². The van der Waals surface area contributed by atoms with Crippen molar-refractivity contribution < 1.29 is 33.3 Å². The lowest BCUT2D eigenvalue weighted by Gasteiger charge is -2.15. The molecule has 37 heavy (non-hydrogen) atoms. The van der Waals surface area contributed by atoms with Gasteiger partial charge in [0, 0.05) is 13.7 Å². The van der Waals surface area contributed by atoms with Crippen LogP contribution in [0.5, 0.6) is 0 Å². The number of alkyl carbamates (subject to hydrolysis) is 1. The van der Waals surface area contributed by atoms with Gasteiger partial charge >= 0.3 is 18.2 Å². The van der Waals surface area contributed by atoms with Crippen molar-refractivity contribution in [2.45, 2.75) is 123 Å². The van der Waals surface area contributed by atoms with Gasteiger partial charge in [0.05, 0.1) is 7.11 Å². The van der Waals surface area contributed by atoms with Crippen molar-refractivity contribution >= 4 is 23.9 Å². The fraction of sp³-hybridized carbons (Fsp3) is 0.857. The summed E-state index contributed by atoms with van der Waals surface area (Å²) in [5, 5.41) is 2.72. The first-order valence-electron chi connectivity index (χ1n) is 14.2. The first kappa shape index (κ1) is 34.8. The Hall–Kier alpha value is -2.16. The van der Waals surface area contributed by atoms with E-state index in [9.17, 15) is 14.4 Å². The van der Waals surface area contributed by atoms with Crippen LogP contribution in [0.1, 0.15) is 117 Å². The maximum absolute atomic E-state index is 11.8. The summed E-state index contributed by atoms with van der Waals surface area (Å²) in [7, 11) is 2.61. The number of methoxy groups -OCH3 is 2. The minimum Gasteiger partial charge on any atom is -0.465 e. The molecule has 9 nitrogen and oxygen atoms in total. The Bertz CT molecular complexity index is 626. The lowest BCUT2D eigenvalue weighted by Crippen LogP contribution is -2.32. The Morgan fingerprint density at radius 1 is 0.703 bits per heavy atom. The smallest absolute Gasteiger partial charge is 0.434 e. The molecule has 0 spiro atoms. The first-order chi connectivity index (χ1) is 17.9. The van der Waals surface area contributed by atoms with Gasteiger partial charge in [0.2, 0.25) is 0 Å². The maximum atomic E-state index is 11.8. The van der Waals surface area contributed by atoms with Crippen LogP contribution < -0.4 is 5.32 Å². The molecule has 0 saturated carbocycles. The predicted octanol–water partition coefficient (Wildman–Crippen LogP) is 6.76. The molecule has 0 aliphatic carbocycles. The summed E-state index contributed by atoms with van der Waals surface area (Å²) in [5.74, 6) is -0.718. The van der Waals surface area contributed by atoms with Crippen LogP contribution in [0.25, 0.3) is 0 Å². The molecule has 0 bridgehead atoms. The lowest BCUT2D eigenvalue weighted by atomic mass is 10.0. The number of carbonyl (C=O) groups is 3. The second kappa shape index (κ2) is 25.5. The summed E-state index contributed by atoms with van der Waals surface area (Å²) in [6.45, 7) is 3.92. The molecule has 0 aromatic rings. The second-order valence-corrected chi connectivity index (χ2v) is 9.45. The topological polar surface area (TPSA) is 113 Å². The molecule has 0 aliphatic heterocycles. The highest BCUT2D eigenvalue weighted by Crippen LogP contribution is 2.13. The van der Waals surface area contributed by atoms with E-state index in [-0.39, 0.29) is 18.9 Å². The number of hydrogen-bond donors (Lipinski definition) is 1. The van der Waals surface area contributed by atoms with E-state index >= 15 is 0 Å². The van der Waals surface area contributed by atoms with E-state index in [1.165, 1.54) is 111 Å². The minimum absolute atomic E-state index is 0.0751. The Kier molecular flexibility index (Phi) is 24.0. The van der Waals surface area contributed by atoms with Gasteiger partial charge in [-0.15, -0.1) is 0 Å². The molecule has 1 atom stereocenters. The van der Waals surface area contributed by atoms with Gasteiger partial charge < -0.3 is 24.3 Å². The van der Waals surface area contributed by atoms with E-state index in [0.29, 0.717) is 6.54 Å². The predicted molar refractivity (Wildman–Crippen MR) is 146 cm³/mol. The Labute approximate surface area is 224 Å². The fourth-order valence-corrected chi connectivity index (χ4v) is 3.79. The Balaban J connectivity index is 3.59. The number of amides is 2. The fourth-order valence-electron chi connectivity index (χ4n) is 3.79. The number of aliphatic imine (C=N–C) groups is 1. The van der Waals surface area contributed by atoms with E-state index in [4.69, 9.17) is 14.2 Å². The summed E-state index contributed by atoms with van der Waals surface area (Å²) in [6, 6.07) is 0. The molecule has 0 radical (unpaired) electrons. The summed E-state index contributed by atoms with van der Waals surface area (Å²) >= 11 is 0. The Morgan fingerprint density at radius 3 is 1.62 bits per heavy atom. The van der Waals surface area contributed by atoms with Crippen molar-refractivity contribution in [3.05, 3.63) is 0 Å². The second-order valence-electron chi connectivity index (χ2n) is 9.45. The third kappa shape index (κ3) is 22.7. The van der Waals surface area contributed by atoms with Crippen LogP contribution in [-0.2, 0) is 23.7 Å². The SMILES string of the molecule is CCCCCCCCCCCCCCCCCCNC(=O)OCC(COC(=O)N=C(C)C(=O)OC)OC. The van der Waals surface area contributed by atoms with Crippen LogP contribution in [0.3, 0.4) is 0 Å². The number of unbranched alkanes of at least 4 members (excludes halogenated alkanes) is 15. The van der Waals surface area contributed by atoms with Crippen LogP contribution in [0.15, 0.2) is 4.99 Å². The minimum atomic E-state index is -0.946. The third-order valence-corrected chi connectivity index (χ3v) is 6.17. The van der Waals surface area contributed by atoms with Crippen LogP contribution >= 0.6 is 0 Å². The van der Waals surface area contributed by atoms with Crippen molar-refractivity contribution in [1.29, 1.82) is 0 Å². The van der Waals surface area contributed by atoms with E-state index < -0.39 is 24.3 Å². The van der Waals surface area contributed by atoms with Crippen LogP contribution in [0.4, 0.5) is 9.59 Å². The zero-order valence-corrected chi connectivity index (χ0v) is 23.8. The molecule has 216 valence electrons. The quantitative estimate of drug-likeness (QED) is 0.0674.